The number of hydrogen-bond donors (Lipinski definition) is 1. The van der Waals surface area contributed by atoms with Crippen molar-refractivity contribution in [2.75, 3.05) is 0 Å². The average Bonchev–Trinajstić information content (AvgIpc) is 2.53. The molecule has 4 nitrogen and oxygen atoms in total. The summed E-state index contributed by atoms with van der Waals surface area (Å²) in [6, 6.07) is 4.35. The van der Waals surface area contributed by atoms with E-state index in [1.165, 1.54) is 12.1 Å². The van der Waals surface area contributed by atoms with Gasteiger partial charge in [-0.1, -0.05) is 0 Å². The molecule has 2 rings (SSSR count). The van der Waals surface area contributed by atoms with Crippen LogP contribution < -0.4 is 0 Å². The number of nitrogens with zero attached hydrogens (tertiary/aromatic N) is 2. The molecule has 0 saturated carbocycles. The molecule has 0 atom stereocenters. The van der Waals surface area contributed by atoms with E-state index < -0.39 is 5.97 Å². The van der Waals surface area contributed by atoms with Crippen LogP contribution in [0.5, 0.6) is 0 Å². The predicted octanol–water partition coefficient (Wildman–Crippen LogP) is 1.96. The Morgan fingerprint density at radius 2 is 2.31 bits per heavy atom. The van der Waals surface area contributed by atoms with Gasteiger partial charge in [0.15, 0.2) is 0 Å². The summed E-state index contributed by atoms with van der Waals surface area (Å²) in [5.41, 5.74) is 1.47. The minimum Gasteiger partial charge on any atom is -0.481 e. The molecular weight excluding hydrogens is 211 g/mol. The lowest BCUT2D eigenvalue weighted by molar-refractivity contribution is -0.137. The Morgan fingerprint density at radius 1 is 1.56 bits per heavy atom. The molecule has 0 aliphatic heterocycles. The third-order valence-electron chi connectivity index (χ3n) is 2.50. The van der Waals surface area contributed by atoms with Crippen molar-refractivity contribution in [3.63, 3.8) is 0 Å². The highest BCUT2D eigenvalue weighted by Gasteiger charge is 2.08. The molecule has 0 aliphatic rings. The number of carboxylic acids is 1. The largest absolute Gasteiger partial charge is 0.481 e. The van der Waals surface area contributed by atoms with Crippen molar-refractivity contribution >= 4 is 16.9 Å². The van der Waals surface area contributed by atoms with Crippen LogP contribution in [-0.2, 0) is 11.3 Å². The highest BCUT2D eigenvalue weighted by Crippen LogP contribution is 2.18. The van der Waals surface area contributed by atoms with Crippen LogP contribution in [-0.4, -0.2) is 20.9 Å². The van der Waals surface area contributed by atoms with E-state index in [4.69, 9.17) is 5.11 Å². The van der Waals surface area contributed by atoms with E-state index in [0.717, 1.165) is 11.1 Å². The highest BCUT2D eigenvalue weighted by atomic mass is 19.1. The Bertz CT molecular complexity index is 548. The fourth-order valence-electron chi connectivity index (χ4n) is 1.65. The molecule has 0 aliphatic carbocycles. The fourth-order valence-corrected chi connectivity index (χ4v) is 1.65. The van der Waals surface area contributed by atoms with Gasteiger partial charge in [-0.15, -0.1) is 0 Å². The summed E-state index contributed by atoms with van der Waals surface area (Å²) in [6.07, 6.45) is 0.0112. The maximum absolute atomic E-state index is 13.0. The van der Waals surface area contributed by atoms with Gasteiger partial charge in [0.2, 0.25) is 0 Å². The first kappa shape index (κ1) is 10.6. The number of benzene rings is 1. The quantitative estimate of drug-likeness (QED) is 0.863. The molecule has 0 radical (unpaired) electrons. The van der Waals surface area contributed by atoms with E-state index in [1.54, 1.807) is 17.7 Å². The van der Waals surface area contributed by atoms with Crippen LogP contribution in [0.2, 0.25) is 0 Å². The molecule has 1 heterocycles. The molecule has 2 aromatic rings. The molecule has 16 heavy (non-hydrogen) atoms. The first-order valence-corrected chi connectivity index (χ1v) is 4.92. The number of aryl methyl sites for hydroxylation is 2. The van der Waals surface area contributed by atoms with E-state index in [2.05, 4.69) is 5.10 Å². The van der Waals surface area contributed by atoms with Crippen LogP contribution in [0.3, 0.4) is 0 Å². The SMILES string of the molecule is Cc1c2cc(F)ccc2nn1CCC(=O)O. The Hall–Kier alpha value is -1.91. The molecule has 0 fully saturated rings. The second-order valence-electron chi connectivity index (χ2n) is 3.61. The zero-order valence-corrected chi connectivity index (χ0v) is 8.77. The van der Waals surface area contributed by atoms with Crippen molar-refractivity contribution in [2.45, 2.75) is 19.9 Å². The Labute approximate surface area is 91.3 Å². The van der Waals surface area contributed by atoms with Gasteiger partial charge in [-0.05, 0) is 25.1 Å². The first-order chi connectivity index (χ1) is 7.58. The molecular formula is C11H11FN2O2. The zero-order valence-electron chi connectivity index (χ0n) is 8.77. The zero-order chi connectivity index (χ0) is 11.7. The van der Waals surface area contributed by atoms with Gasteiger partial charge in [-0.25, -0.2) is 4.39 Å². The molecule has 84 valence electrons. The minimum absolute atomic E-state index is 0.0112. The third kappa shape index (κ3) is 1.88. The van der Waals surface area contributed by atoms with Crippen molar-refractivity contribution < 1.29 is 14.3 Å². The molecule has 1 aromatic heterocycles. The summed E-state index contributed by atoms with van der Waals surface area (Å²) >= 11 is 0. The van der Waals surface area contributed by atoms with Crippen LogP contribution in [0.1, 0.15) is 12.1 Å². The van der Waals surface area contributed by atoms with Gasteiger partial charge in [0.25, 0.3) is 0 Å². The number of halogens is 1. The summed E-state index contributed by atoms with van der Waals surface area (Å²) in [5.74, 6) is -1.18. The van der Waals surface area contributed by atoms with Crippen LogP contribution in [0.15, 0.2) is 18.2 Å². The molecule has 1 N–H and O–H groups in total. The molecule has 0 unspecified atom stereocenters. The van der Waals surface area contributed by atoms with Gasteiger partial charge in [-0.3, -0.25) is 9.48 Å². The van der Waals surface area contributed by atoms with Gasteiger partial charge in [0, 0.05) is 11.1 Å². The van der Waals surface area contributed by atoms with Gasteiger partial charge in [0.1, 0.15) is 5.82 Å². The maximum atomic E-state index is 13.0. The summed E-state index contributed by atoms with van der Waals surface area (Å²) in [6.45, 7) is 2.11. The molecule has 0 amide bonds. The van der Waals surface area contributed by atoms with Gasteiger partial charge < -0.3 is 5.11 Å². The summed E-state index contributed by atoms with van der Waals surface area (Å²) in [7, 11) is 0. The Balaban J connectivity index is 2.40. The molecule has 0 saturated heterocycles. The van der Waals surface area contributed by atoms with Crippen molar-refractivity contribution in [2.24, 2.45) is 0 Å². The lowest BCUT2D eigenvalue weighted by Gasteiger charge is -2.00. The average molecular weight is 222 g/mol. The Morgan fingerprint density at radius 3 is 3.00 bits per heavy atom. The molecule has 5 heteroatoms. The fraction of sp³-hybridized carbons (Fsp3) is 0.273. The van der Waals surface area contributed by atoms with Crippen LogP contribution in [0, 0.1) is 12.7 Å². The van der Waals surface area contributed by atoms with E-state index in [1.807, 2.05) is 0 Å². The summed E-state index contributed by atoms with van der Waals surface area (Å²) in [4.78, 5) is 10.5. The topological polar surface area (TPSA) is 55.1 Å². The van der Waals surface area contributed by atoms with E-state index in [9.17, 15) is 9.18 Å². The van der Waals surface area contributed by atoms with Crippen molar-refractivity contribution in [3.8, 4) is 0 Å². The Kier molecular flexibility index (Phi) is 2.60. The smallest absolute Gasteiger partial charge is 0.305 e. The van der Waals surface area contributed by atoms with Crippen molar-refractivity contribution in [1.82, 2.24) is 9.78 Å². The number of carbonyl (C=O) groups is 1. The van der Waals surface area contributed by atoms with Gasteiger partial charge in [-0.2, -0.15) is 5.10 Å². The van der Waals surface area contributed by atoms with Gasteiger partial charge >= 0.3 is 5.97 Å². The predicted molar refractivity (Wildman–Crippen MR) is 56.7 cm³/mol. The second-order valence-corrected chi connectivity index (χ2v) is 3.61. The summed E-state index contributed by atoms with van der Waals surface area (Å²) < 4.78 is 14.6. The van der Waals surface area contributed by atoms with E-state index >= 15 is 0 Å². The molecule has 1 aromatic carbocycles. The lowest BCUT2D eigenvalue weighted by Crippen LogP contribution is -2.07. The van der Waals surface area contributed by atoms with Crippen LogP contribution in [0.4, 0.5) is 4.39 Å². The first-order valence-electron chi connectivity index (χ1n) is 4.92. The number of carboxylic acid groups (broad SMARTS) is 1. The number of aliphatic carboxylic acids is 1. The van der Waals surface area contributed by atoms with Crippen molar-refractivity contribution in [1.29, 1.82) is 0 Å². The second kappa shape index (κ2) is 3.92. The normalized spacial score (nSPS) is 10.9. The minimum atomic E-state index is -0.870. The third-order valence-corrected chi connectivity index (χ3v) is 2.50. The maximum Gasteiger partial charge on any atom is 0.305 e. The highest BCUT2D eigenvalue weighted by molar-refractivity contribution is 5.81. The number of hydrogen-bond acceptors (Lipinski definition) is 2. The van der Waals surface area contributed by atoms with E-state index in [-0.39, 0.29) is 12.2 Å². The van der Waals surface area contributed by atoms with Crippen LogP contribution in [0.25, 0.3) is 10.9 Å². The monoisotopic (exact) mass is 222 g/mol. The standard InChI is InChI=1S/C11H11FN2O2/c1-7-9-6-8(12)2-3-10(9)13-14(7)5-4-11(15)16/h2-3,6H,4-5H2,1H3,(H,15,16). The number of fused-ring (bicyclic) bond motifs is 1. The van der Waals surface area contributed by atoms with E-state index in [0.29, 0.717) is 12.1 Å². The van der Waals surface area contributed by atoms with Crippen molar-refractivity contribution in [3.05, 3.63) is 29.7 Å². The van der Waals surface area contributed by atoms with Gasteiger partial charge in [0.05, 0.1) is 18.5 Å². The number of rotatable bonds is 3. The van der Waals surface area contributed by atoms with Crippen LogP contribution >= 0.6 is 0 Å². The number of aromatic nitrogens is 2. The molecule has 0 spiro atoms. The lowest BCUT2D eigenvalue weighted by atomic mass is 10.2. The molecule has 0 bridgehead atoms. The summed E-state index contributed by atoms with van der Waals surface area (Å²) in [5, 5.41) is 13.5.